The Labute approximate surface area is 218 Å². The fourth-order valence-electron chi connectivity index (χ4n) is 3.22. The third-order valence-electron chi connectivity index (χ3n) is 4.97. The standard InChI is InChI=1S/C23H15ClF4N2O4S3/c24-21-10-11-22(35-21)37(33,34)29-19-9-6-15(14-4-7-17(25)8-5-14)12-20(19)30-36(31,32)18-3-1-2-16(13-18)23(26,27)28/h1-13,29-30H. The molecule has 6 nitrogen and oxygen atoms in total. The largest absolute Gasteiger partial charge is 0.416 e. The van der Waals surface area contributed by atoms with Gasteiger partial charge in [0.1, 0.15) is 10.0 Å². The number of alkyl halides is 3. The Morgan fingerprint density at radius 1 is 0.730 bits per heavy atom. The molecule has 0 fully saturated rings. The first-order valence-electron chi connectivity index (χ1n) is 10.1. The van der Waals surface area contributed by atoms with Crippen LogP contribution < -0.4 is 9.44 Å². The zero-order valence-electron chi connectivity index (χ0n) is 18.3. The topological polar surface area (TPSA) is 92.3 Å². The number of rotatable bonds is 7. The van der Waals surface area contributed by atoms with Gasteiger partial charge in [-0.25, -0.2) is 21.2 Å². The summed E-state index contributed by atoms with van der Waals surface area (Å²) < 4.78 is 109. The van der Waals surface area contributed by atoms with Crippen LogP contribution in [0.4, 0.5) is 28.9 Å². The van der Waals surface area contributed by atoms with E-state index >= 15 is 0 Å². The fraction of sp³-hybridized carbons (Fsp3) is 0.0435. The Bertz CT molecular complexity index is 1670. The molecule has 1 aromatic heterocycles. The Hall–Kier alpha value is -3.13. The Morgan fingerprint density at radius 3 is 2.00 bits per heavy atom. The molecule has 14 heteroatoms. The molecule has 0 amide bonds. The number of benzene rings is 3. The van der Waals surface area contributed by atoms with Crippen molar-refractivity contribution in [1.29, 1.82) is 0 Å². The lowest BCUT2D eigenvalue weighted by molar-refractivity contribution is -0.137. The van der Waals surface area contributed by atoms with Gasteiger partial charge in [-0.3, -0.25) is 9.44 Å². The van der Waals surface area contributed by atoms with E-state index in [0.717, 1.165) is 29.5 Å². The first-order chi connectivity index (χ1) is 17.2. The summed E-state index contributed by atoms with van der Waals surface area (Å²) in [6, 6.07) is 14.9. The summed E-state index contributed by atoms with van der Waals surface area (Å²) in [7, 11) is -8.80. The van der Waals surface area contributed by atoms with E-state index in [2.05, 4.69) is 9.44 Å². The van der Waals surface area contributed by atoms with Crippen LogP contribution in [-0.2, 0) is 26.2 Å². The van der Waals surface area contributed by atoms with Gasteiger partial charge >= 0.3 is 6.18 Å². The number of halogens is 5. The van der Waals surface area contributed by atoms with Gasteiger partial charge in [-0.15, -0.1) is 11.3 Å². The summed E-state index contributed by atoms with van der Waals surface area (Å²) in [6.07, 6.45) is -4.78. The lowest BCUT2D eigenvalue weighted by Crippen LogP contribution is -2.18. The minimum atomic E-state index is -4.78. The molecule has 4 rings (SSSR count). The van der Waals surface area contributed by atoms with E-state index in [-0.39, 0.29) is 19.9 Å². The lowest BCUT2D eigenvalue weighted by Gasteiger charge is -2.16. The summed E-state index contributed by atoms with van der Waals surface area (Å²) in [4.78, 5) is -0.687. The summed E-state index contributed by atoms with van der Waals surface area (Å²) >= 11 is 6.60. The number of sulfonamides is 2. The predicted molar refractivity (Wildman–Crippen MR) is 134 cm³/mol. The lowest BCUT2D eigenvalue weighted by atomic mass is 10.0. The second-order valence-corrected chi connectivity index (χ2v) is 12.9. The van der Waals surface area contributed by atoms with Crippen LogP contribution in [0.25, 0.3) is 11.1 Å². The molecule has 0 aliphatic carbocycles. The highest BCUT2D eigenvalue weighted by Crippen LogP contribution is 2.35. The van der Waals surface area contributed by atoms with E-state index in [0.29, 0.717) is 17.2 Å². The first-order valence-corrected chi connectivity index (χ1v) is 14.3. The van der Waals surface area contributed by atoms with E-state index in [1.807, 2.05) is 0 Å². The summed E-state index contributed by atoms with van der Waals surface area (Å²) in [6.45, 7) is 0. The summed E-state index contributed by atoms with van der Waals surface area (Å²) in [5, 5.41) is 0. The number of hydrogen-bond donors (Lipinski definition) is 2. The van der Waals surface area contributed by atoms with Crippen molar-refractivity contribution in [1.82, 2.24) is 0 Å². The molecular formula is C23H15ClF4N2O4S3. The van der Waals surface area contributed by atoms with Crippen molar-refractivity contribution in [3.05, 3.63) is 94.6 Å². The van der Waals surface area contributed by atoms with Gasteiger partial charge in [-0.2, -0.15) is 13.2 Å². The van der Waals surface area contributed by atoms with E-state index < -0.39 is 42.5 Å². The molecule has 0 spiro atoms. The van der Waals surface area contributed by atoms with Crippen LogP contribution >= 0.6 is 22.9 Å². The molecule has 3 aromatic carbocycles. The normalized spacial score (nSPS) is 12.4. The monoisotopic (exact) mass is 590 g/mol. The highest BCUT2D eigenvalue weighted by molar-refractivity contribution is 7.94. The van der Waals surface area contributed by atoms with Crippen molar-refractivity contribution in [3.63, 3.8) is 0 Å². The third kappa shape index (κ3) is 6.24. The molecule has 0 aliphatic rings. The van der Waals surface area contributed by atoms with Crippen molar-refractivity contribution in [2.75, 3.05) is 9.44 Å². The second-order valence-electron chi connectivity index (χ2n) is 7.56. The fourth-order valence-corrected chi connectivity index (χ4v) is 6.90. The Balaban J connectivity index is 1.78. The average Bonchev–Trinajstić information content (AvgIpc) is 3.27. The maximum absolute atomic E-state index is 13.4. The molecule has 0 saturated carbocycles. The molecule has 0 atom stereocenters. The minimum absolute atomic E-state index is 0.146. The smallest absolute Gasteiger partial charge is 0.277 e. The van der Waals surface area contributed by atoms with Crippen LogP contribution in [0.3, 0.4) is 0 Å². The number of nitrogens with one attached hydrogen (secondary N) is 2. The quantitative estimate of drug-likeness (QED) is 0.231. The number of thiophene rings is 1. The summed E-state index contributed by atoms with van der Waals surface area (Å²) in [5.74, 6) is -0.506. The molecule has 37 heavy (non-hydrogen) atoms. The van der Waals surface area contributed by atoms with Crippen LogP contribution in [0.2, 0.25) is 4.34 Å². The SMILES string of the molecule is O=S(=O)(Nc1cc(-c2ccc(F)cc2)ccc1NS(=O)(=O)c1ccc(Cl)s1)c1cccc(C(F)(F)F)c1. The van der Waals surface area contributed by atoms with Crippen LogP contribution in [-0.4, -0.2) is 16.8 Å². The Kier molecular flexibility index (Phi) is 7.25. The van der Waals surface area contributed by atoms with Crippen molar-refractivity contribution < 1.29 is 34.4 Å². The molecule has 2 N–H and O–H groups in total. The molecule has 1 heterocycles. The van der Waals surface area contributed by atoms with Crippen molar-refractivity contribution >= 4 is 54.4 Å². The maximum Gasteiger partial charge on any atom is 0.416 e. The molecular weight excluding hydrogens is 576 g/mol. The van der Waals surface area contributed by atoms with Gasteiger partial charge in [0.05, 0.1) is 26.2 Å². The van der Waals surface area contributed by atoms with Crippen molar-refractivity contribution in [3.8, 4) is 11.1 Å². The van der Waals surface area contributed by atoms with Gasteiger partial charge in [-0.1, -0.05) is 35.9 Å². The highest BCUT2D eigenvalue weighted by Gasteiger charge is 2.32. The van der Waals surface area contributed by atoms with E-state index in [1.165, 1.54) is 54.6 Å². The first kappa shape index (κ1) is 26.9. The molecule has 0 radical (unpaired) electrons. The molecule has 194 valence electrons. The van der Waals surface area contributed by atoms with Gasteiger partial charge in [0.2, 0.25) is 0 Å². The van der Waals surface area contributed by atoms with Crippen LogP contribution in [0.1, 0.15) is 5.56 Å². The van der Waals surface area contributed by atoms with E-state index in [4.69, 9.17) is 11.6 Å². The van der Waals surface area contributed by atoms with Gasteiger partial charge < -0.3 is 0 Å². The predicted octanol–water partition coefficient (Wildman–Crippen LogP) is 6.83. The van der Waals surface area contributed by atoms with Gasteiger partial charge in [0.15, 0.2) is 0 Å². The van der Waals surface area contributed by atoms with E-state index in [1.54, 1.807) is 0 Å². The van der Waals surface area contributed by atoms with E-state index in [9.17, 15) is 34.4 Å². The number of anilines is 2. The Morgan fingerprint density at radius 2 is 1.38 bits per heavy atom. The molecule has 0 bridgehead atoms. The zero-order chi connectivity index (χ0) is 27.0. The van der Waals surface area contributed by atoms with Gasteiger partial charge in [-0.05, 0) is 65.7 Å². The summed E-state index contributed by atoms with van der Waals surface area (Å²) in [5.41, 5.74) is -0.799. The maximum atomic E-state index is 13.4. The molecule has 0 aliphatic heterocycles. The van der Waals surface area contributed by atoms with Crippen molar-refractivity contribution in [2.45, 2.75) is 15.3 Å². The number of hydrogen-bond acceptors (Lipinski definition) is 5. The minimum Gasteiger partial charge on any atom is -0.277 e. The second kappa shape index (κ2) is 9.97. The van der Waals surface area contributed by atoms with Gasteiger partial charge in [0, 0.05) is 0 Å². The molecule has 0 saturated heterocycles. The van der Waals surface area contributed by atoms with Crippen molar-refractivity contribution in [2.24, 2.45) is 0 Å². The average molecular weight is 591 g/mol. The van der Waals surface area contributed by atoms with Crippen LogP contribution in [0, 0.1) is 5.82 Å². The van der Waals surface area contributed by atoms with Crippen LogP contribution in [0.5, 0.6) is 0 Å². The molecule has 4 aromatic rings. The van der Waals surface area contributed by atoms with Crippen LogP contribution in [0.15, 0.2) is 88.0 Å². The molecule has 0 unspecified atom stereocenters. The third-order valence-corrected chi connectivity index (χ3v) is 9.42. The zero-order valence-corrected chi connectivity index (χ0v) is 21.5. The van der Waals surface area contributed by atoms with Gasteiger partial charge in [0.25, 0.3) is 20.0 Å². The highest BCUT2D eigenvalue weighted by atomic mass is 35.5.